The van der Waals surface area contributed by atoms with Crippen molar-refractivity contribution in [1.82, 2.24) is 5.32 Å². The van der Waals surface area contributed by atoms with E-state index in [1.54, 1.807) is 0 Å². The maximum absolute atomic E-state index is 10.4. The van der Waals surface area contributed by atoms with E-state index < -0.39 is 17.8 Å². The van der Waals surface area contributed by atoms with Crippen LogP contribution in [0.3, 0.4) is 0 Å². The zero-order chi connectivity index (χ0) is 14.5. The Hall–Kier alpha value is -0.200. The monoisotopic (exact) mass is 275 g/mol. The van der Waals surface area contributed by atoms with Crippen molar-refractivity contribution in [2.45, 2.75) is 63.9 Å². The lowest BCUT2D eigenvalue weighted by molar-refractivity contribution is -0.215. The van der Waals surface area contributed by atoms with Crippen molar-refractivity contribution in [2.75, 3.05) is 19.8 Å². The molecule has 114 valence electrons. The fraction of sp³-hybridized carbons (Fsp3) is 1.00. The summed E-state index contributed by atoms with van der Waals surface area (Å²) in [4.78, 5) is 0. The smallest absolute Gasteiger partial charge is 0.0991 e. The fourth-order valence-corrected chi connectivity index (χ4v) is 2.81. The maximum Gasteiger partial charge on any atom is 0.0991 e. The van der Waals surface area contributed by atoms with Gasteiger partial charge in [0.25, 0.3) is 0 Å². The van der Waals surface area contributed by atoms with Crippen LogP contribution in [0.4, 0.5) is 0 Å². The van der Waals surface area contributed by atoms with Gasteiger partial charge in [0.1, 0.15) is 0 Å². The molecule has 0 radical (unpaired) electrons. The Bertz CT molecular complexity index is 260. The van der Waals surface area contributed by atoms with Crippen LogP contribution >= 0.6 is 0 Å². The van der Waals surface area contributed by atoms with E-state index in [1.165, 1.54) is 0 Å². The molecule has 1 fully saturated rings. The summed E-state index contributed by atoms with van der Waals surface area (Å²) in [6, 6.07) is -0.327. The summed E-state index contributed by atoms with van der Waals surface area (Å²) in [6.07, 6.45) is 2.16. The van der Waals surface area contributed by atoms with Gasteiger partial charge in [0, 0.05) is 5.92 Å². The van der Waals surface area contributed by atoms with Crippen molar-refractivity contribution >= 4 is 0 Å². The molecule has 1 aliphatic heterocycles. The van der Waals surface area contributed by atoms with Crippen molar-refractivity contribution in [3.63, 3.8) is 0 Å². The van der Waals surface area contributed by atoms with Gasteiger partial charge in [-0.15, -0.1) is 0 Å². The molecule has 0 saturated carbocycles. The molecule has 1 saturated heterocycles. The van der Waals surface area contributed by atoms with E-state index in [0.29, 0.717) is 0 Å². The minimum atomic E-state index is -0.715. The highest BCUT2D eigenvalue weighted by Crippen LogP contribution is 2.34. The Morgan fingerprint density at radius 3 is 2.37 bits per heavy atom. The second-order valence-electron chi connectivity index (χ2n) is 5.91. The van der Waals surface area contributed by atoms with E-state index >= 15 is 0 Å². The molecule has 0 aromatic heterocycles. The number of unbranched alkanes of at least 4 members (excludes halogenated alkanes) is 2. The van der Waals surface area contributed by atoms with E-state index in [9.17, 15) is 15.3 Å². The lowest BCUT2D eigenvalue weighted by Crippen LogP contribution is -2.65. The minimum absolute atomic E-state index is 0.126. The van der Waals surface area contributed by atoms with Crippen molar-refractivity contribution < 1.29 is 20.1 Å². The lowest BCUT2D eigenvalue weighted by atomic mass is 9.78. The van der Waals surface area contributed by atoms with Crippen LogP contribution in [0.15, 0.2) is 0 Å². The van der Waals surface area contributed by atoms with Crippen LogP contribution in [0.25, 0.3) is 0 Å². The van der Waals surface area contributed by atoms with Crippen LogP contribution in [0.1, 0.15) is 40.0 Å². The molecule has 0 amide bonds. The van der Waals surface area contributed by atoms with Gasteiger partial charge < -0.3 is 25.4 Å². The van der Waals surface area contributed by atoms with Gasteiger partial charge in [0.05, 0.1) is 37.1 Å². The first-order valence-corrected chi connectivity index (χ1v) is 7.28. The maximum atomic E-state index is 10.4. The number of hydrogen-bond acceptors (Lipinski definition) is 5. The quantitative estimate of drug-likeness (QED) is 0.502. The zero-order valence-electron chi connectivity index (χ0n) is 12.3. The fourth-order valence-electron chi connectivity index (χ4n) is 2.81. The summed E-state index contributed by atoms with van der Waals surface area (Å²) < 4.78 is 5.83. The molecule has 1 heterocycles. The van der Waals surface area contributed by atoms with Gasteiger partial charge in [-0.3, -0.25) is 0 Å². The largest absolute Gasteiger partial charge is 0.396 e. The van der Waals surface area contributed by atoms with Crippen LogP contribution in [0.5, 0.6) is 0 Å². The van der Waals surface area contributed by atoms with Gasteiger partial charge in [0.2, 0.25) is 0 Å². The highest BCUT2D eigenvalue weighted by molar-refractivity contribution is 4.99. The molecular formula is C14H29NO4. The lowest BCUT2D eigenvalue weighted by Gasteiger charge is -2.49. The summed E-state index contributed by atoms with van der Waals surface area (Å²) in [5, 5.41) is 32.6. The van der Waals surface area contributed by atoms with Crippen molar-refractivity contribution in [3.05, 3.63) is 0 Å². The summed E-state index contributed by atoms with van der Waals surface area (Å²) in [5.41, 5.74) is -0.636. The summed E-state index contributed by atoms with van der Waals surface area (Å²) >= 11 is 0. The standard InChI is InChI=1S/C14H29NO4/c1-4-5-6-7-15-12-11(9-17)19-14(2,3)10(8-16)13(12)18/h10-13,15-18H,4-9H2,1-3H3/t10-,11+,12-,13-/m0/s1. The van der Waals surface area contributed by atoms with Gasteiger partial charge in [-0.05, 0) is 26.8 Å². The molecule has 0 unspecified atom stereocenters. The van der Waals surface area contributed by atoms with Gasteiger partial charge in [-0.2, -0.15) is 0 Å². The average Bonchev–Trinajstić information content (AvgIpc) is 2.36. The predicted octanol–water partition coefficient (Wildman–Crippen LogP) is 0.274. The highest BCUT2D eigenvalue weighted by atomic mass is 16.5. The molecule has 0 spiro atoms. The number of rotatable bonds is 7. The number of ether oxygens (including phenoxy) is 1. The van der Waals surface area contributed by atoms with Crippen LogP contribution < -0.4 is 5.32 Å². The molecule has 1 aliphatic rings. The molecule has 4 N–H and O–H groups in total. The van der Waals surface area contributed by atoms with Gasteiger partial charge in [0.15, 0.2) is 0 Å². The molecule has 4 atom stereocenters. The highest BCUT2D eigenvalue weighted by Gasteiger charge is 2.48. The Balaban J connectivity index is 2.65. The number of aliphatic hydroxyl groups is 3. The Morgan fingerprint density at radius 2 is 1.84 bits per heavy atom. The van der Waals surface area contributed by atoms with Crippen LogP contribution in [0, 0.1) is 5.92 Å². The SMILES string of the molecule is CCCCCN[C@@H]1[C@@H](O)[C@H](CO)C(C)(C)O[C@@H]1CO. The Labute approximate surface area is 116 Å². The topological polar surface area (TPSA) is 82.0 Å². The van der Waals surface area contributed by atoms with Gasteiger partial charge in [-0.25, -0.2) is 0 Å². The zero-order valence-corrected chi connectivity index (χ0v) is 12.3. The summed E-state index contributed by atoms with van der Waals surface area (Å²) in [5.74, 6) is -0.348. The molecular weight excluding hydrogens is 246 g/mol. The van der Waals surface area contributed by atoms with E-state index in [0.717, 1.165) is 25.8 Å². The molecule has 0 aliphatic carbocycles. The number of aliphatic hydroxyl groups excluding tert-OH is 3. The molecule has 19 heavy (non-hydrogen) atoms. The van der Waals surface area contributed by atoms with E-state index in [2.05, 4.69) is 12.2 Å². The first kappa shape index (κ1) is 16.9. The van der Waals surface area contributed by atoms with Gasteiger partial charge in [-0.1, -0.05) is 19.8 Å². The van der Waals surface area contributed by atoms with E-state index in [1.807, 2.05) is 13.8 Å². The first-order valence-electron chi connectivity index (χ1n) is 7.28. The third-order valence-corrected chi connectivity index (χ3v) is 4.07. The summed E-state index contributed by atoms with van der Waals surface area (Å²) in [7, 11) is 0. The molecule has 0 aromatic carbocycles. The van der Waals surface area contributed by atoms with Crippen molar-refractivity contribution in [3.8, 4) is 0 Å². The molecule has 0 aromatic rings. The van der Waals surface area contributed by atoms with Gasteiger partial charge >= 0.3 is 0 Å². The van der Waals surface area contributed by atoms with Crippen LogP contribution in [-0.4, -0.2) is 58.9 Å². The van der Waals surface area contributed by atoms with E-state index in [-0.39, 0.29) is 25.2 Å². The Kier molecular flexibility index (Phi) is 6.69. The minimum Gasteiger partial charge on any atom is -0.396 e. The van der Waals surface area contributed by atoms with E-state index in [4.69, 9.17) is 4.74 Å². The third kappa shape index (κ3) is 4.13. The molecule has 0 bridgehead atoms. The predicted molar refractivity (Wildman–Crippen MR) is 73.9 cm³/mol. The first-order chi connectivity index (χ1) is 8.97. The molecule has 1 rings (SSSR count). The number of nitrogens with one attached hydrogen (secondary N) is 1. The molecule has 5 heteroatoms. The number of hydrogen-bond donors (Lipinski definition) is 4. The van der Waals surface area contributed by atoms with Crippen molar-refractivity contribution in [1.29, 1.82) is 0 Å². The Morgan fingerprint density at radius 1 is 1.16 bits per heavy atom. The summed E-state index contributed by atoms with van der Waals surface area (Å²) in [6.45, 7) is 6.34. The average molecular weight is 275 g/mol. The molecule has 5 nitrogen and oxygen atoms in total. The second-order valence-corrected chi connectivity index (χ2v) is 5.91. The van der Waals surface area contributed by atoms with Crippen LogP contribution in [0.2, 0.25) is 0 Å². The second kappa shape index (κ2) is 7.55. The normalized spacial score (nSPS) is 34.4. The van der Waals surface area contributed by atoms with Crippen molar-refractivity contribution in [2.24, 2.45) is 5.92 Å². The van der Waals surface area contributed by atoms with Crippen LogP contribution in [-0.2, 0) is 4.74 Å². The third-order valence-electron chi connectivity index (χ3n) is 4.07.